The third kappa shape index (κ3) is 4.68. The van der Waals surface area contributed by atoms with E-state index in [1.54, 1.807) is 18.2 Å². The summed E-state index contributed by atoms with van der Waals surface area (Å²) in [5.41, 5.74) is 0. The van der Waals surface area contributed by atoms with Crippen LogP contribution in [0.4, 0.5) is 0 Å². The number of halogens is 3. The van der Waals surface area contributed by atoms with Gasteiger partial charge < -0.3 is 17.0 Å². The normalized spacial score (nSPS) is 7.40. The third-order valence-electron chi connectivity index (χ3n) is 0.724. The molecule has 0 saturated heterocycles. The fourth-order valence-corrected chi connectivity index (χ4v) is 0.812. The molecule has 0 atom stereocenters. The van der Waals surface area contributed by atoms with Gasteiger partial charge >= 0.3 is 19.5 Å². The molecule has 0 heterocycles. The van der Waals surface area contributed by atoms with Gasteiger partial charge in [-0.1, -0.05) is 10.0 Å². The van der Waals surface area contributed by atoms with Crippen molar-refractivity contribution in [1.82, 2.24) is 0 Å². The van der Waals surface area contributed by atoms with E-state index in [9.17, 15) is 0 Å². The van der Waals surface area contributed by atoms with Gasteiger partial charge in [-0.25, -0.2) is 0 Å². The monoisotopic (exact) mass is 288 g/mol. The molecule has 1 rings (SSSR count). The Morgan fingerprint density at radius 3 is 1.70 bits per heavy atom. The van der Waals surface area contributed by atoms with Crippen LogP contribution in [-0.2, 0) is 19.5 Å². The van der Waals surface area contributed by atoms with Gasteiger partial charge in [-0.05, 0) is 0 Å². The summed E-state index contributed by atoms with van der Waals surface area (Å²) in [6, 6.07) is 7.94. The third-order valence-corrected chi connectivity index (χ3v) is 1.16. The maximum absolute atomic E-state index is 5.50. The zero-order valence-corrected chi connectivity index (χ0v) is 11.1. The van der Waals surface area contributed by atoms with Gasteiger partial charge in [-0.15, -0.1) is 29.3 Å². The van der Waals surface area contributed by atoms with Crippen LogP contribution >= 0.6 is 23.2 Å². The van der Waals surface area contributed by atoms with E-state index in [1.807, 2.05) is 0 Å². The summed E-state index contributed by atoms with van der Waals surface area (Å²) in [5, 5.41) is 1.11. The van der Waals surface area contributed by atoms with Crippen LogP contribution in [0.5, 0.6) is 0 Å². The molecule has 0 aromatic heterocycles. The van der Waals surface area contributed by atoms with Crippen molar-refractivity contribution >= 4 is 23.2 Å². The molecule has 0 unspecified atom stereocenters. The standard InChI is InChI=1S/C6H3Cl2.BrH.Zn/c7-5-2-1-3-6(8)4-5;;/h1-3H;1H;/q-1;;+2/p-1. The van der Waals surface area contributed by atoms with Gasteiger partial charge in [0.1, 0.15) is 0 Å². The van der Waals surface area contributed by atoms with Crippen LogP contribution in [0.3, 0.4) is 0 Å². The van der Waals surface area contributed by atoms with E-state index in [0.717, 1.165) is 0 Å². The van der Waals surface area contributed by atoms with Crippen LogP contribution < -0.4 is 17.0 Å². The van der Waals surface area contributed by atoms with E-state index in [2.05, 4.69) is 6.07 Å². The van der Waals surface area contributed by atoms with Crippen molar-refractivity contribution in [3.63, 3.8) is 0 Å². The van der Waals surface area contributed by atoms with Crippen molar-refractivity contribution in [2.75, 3.05) is 0 Å². The van der Waals surface area contributed by atoms with Gasteiger partial charge in [0.05, 0.1) is 0 Å². The van der Waals surface area contributed by atoms with Gasteiger partial charge in [0.15, 0.2) is 0 Å². The van der Waals surface area contributed by atoms with Crippen LogP contribution in [0.1, 0.15) is 0 Å². The summed E-state index contributed by atoms with van der Waals surface area (Å²) < 4.78 is 0. The molecule has 4 heteroatoms. The molecule has 0 radical (unpaired) electrons. The average Bonchev–Trinajstić information content (AvgIpc) is 1.64. The van der Waals surface area contributed by atoms with Crippen LogP contribution in [-0.4, -0.2) is 0 Å². The van der Waals surface area contributed by atoms with Crippen molar-refractivity contribution in [1.29, 1.82) is 0 Å². The first-order valence-corrected chi connectivity index (χ1v) is 2.88. The summed E-state index contributed by atoms with van der Waals surface area (Å²) in [6.45, 7) is 0. The smallest absolute Gasteiger partial charge is 1.00 e. The van der Waals surface area contributed by atoms with Gasteiger partial charge in [-0.3, -0.25) is 0 Å². The molecule has 1 aromatic carbocycles. The van der Waals surface area contributed by atoms with Crippen LogP contribution in [0.25, 0.3) is 0 Å². The SMILES string of the molecule is Clc1[c-]c(Cl)ccc1.[Br-].[Zn+2]. The van der Waals surface area contributed by atoms with Gasteiger partial charge in [0.25, 0.3) is 0 Å². The Morgan fingerprint density at radius 1 is 1.10 bits per heavy atom. The zero-order chi connectivity index (χ0) is 5.98. The minimum atomic E-state index is 0. The molecular formula is C6H3BrCl2Zn. The largest absolute Gasteiger partial charge is 2.00 e. The number of hydrogen-bond acceptors (Lipinski definition) is 0. The fraction of sp³-hybridized carbons (Fsp3) is 0. The van der Waals surface area contributed by atoms with Crippen LogP contribution in [0, 0.1) is 6.07 Å². The molecule has 0 saturated carbocycles. The van der Waals surface area contributed by atoms with Crippen LogP contribution in [0.15, 0.2) is 18.2 Å². The summed E-state index contributed by atoms with van der Waals surface area (Å²) in [4.78, 5) is 0. The Kier molecular flexibility index (Phi) is 8.91. The molecule has 0 aliphatic heterocycles. The van der Waals surface area contributed by atoms with Crippen LogP contribution in [0.2, 0.25) is 10.0 Å². The Labute approximate surface area is 93.4 Å². The summed E-state index contributed by atoms with van der Waals surface area (Å²) in [6.07, 6.45) is 0. The maximum atomic E-state index is 5.50. The summed E-state index contributed by atoms with van der Waals surface area (Å²) in [7, 11) is 0. The molecule has 50 valence electrons. The molecule has 0 fully saturated rings. The second-order valence-corrected chi connectivity index (χ2v) is 2.16. The fourth-order valence-electron chi connectivity index (χ4n) is 0.414. The van der Waals surface area contributed by atoms with Gasteiger partial charge in [0, 0.05) is 0 Å². The molecule has 0 nitrogen and oxygen atoms in total. The van der Waals surface area contributed by atoms with Crippen molar-refractivity contribution in [3.05, 3.63) is 34.3 Å². The minimum Gasteiger partial charge on any atom is -1.00 e. The average molecular weight is 291 g/mol. The Hall–Kier alpha value is 0.903. The Morgan fingerprint density at radius 2 is 1.50 bits per heavy atom. The molecule has 0 N–H and O–H groups in total. The first-order chi connectivity index (χ1) is 3.79. The van der Waals surface area contributed by atoms with E-state index in [4.69, 9.17) is 23.2 Å². The number of rotatable bonds is 0. The molecular weight excluding hydrogens is 288 g/mol. The molecule has 10 heavy (non-hydrogen) atoms. The predicted molar refractivity (Wildman–Crippen MR) is 35.3 cm³/mol. The van der Waals surface area contributed by atoms with Crippen molar-refractivity contribution in [2.45, 2.75) is 0 Å². The van der Waals surface area contributed by atoms with E-state index in [-0.39, 0.29) is 36.5 Å². The first kappa shape index (κ1) is 13.5. The number of hydrogen-bond donors (Lipinski definition) is 0. The Bertz CT molecular complexity index is 176. The predicted octanol–water partition coefficient (Wildman–Crippen LogP) is -0.205. The second-order valence-electron chi connectivity index (χ2n) is 1.35. The molecule has 0 aliphatic rings. The number of benzene rings is 1. The molecule has 0 aliphatic carbocycles. The molecule has 1 aromatic rings. The van der Waals surface area contributed by atoms with E-state index >= 15 is 0 Å². The van der Waals surface area contributed by atoms with Gasteiger partial charge in [0.2, 0.25) is 0 Å². The summed E-state index contributed by atoms with van der Waals surface area (Å²) >= 11 is 11.0. The second kappa shape index (κ2) is 6.60. The maximum Gasteiger partial charge on any atom is 2.00 e. The van der Waals surface area contributed by atoms with E-state index in [0.29, 0.717) is 10.0 Å². The topological polar surface area (TPSA) is 0 Å². The minimum absolute atomic E-state index is 0. The first-order valence-electron chi connectivity index (χ1n) is 2.12. The molecule has 0 spiro atoms. The zero-order valence-electron chi connectivity index (χ0n) is 5.07. The molecule has 0 bridgehead atoms. The van der Waals surface area contributed by atoms with E-state index < -0.39 is 0 Å². The quantitative estimate of drug-likeness (QED) is 0.459. The van der Waals surface area contributed by atoms with Crippen molar-refractivity contribution < 1.29 is 36.5 Å². The Balaban J connectivity index is 0. The summed E-state index contributed by atoms with van der Waals surface area (Å²) in [5.74, 6) is 0. The van der Waals surface area contributed by atoms with Gasteiger partial charge in [-0.2, -0.15) is 18.2 Å². The van der Waals surface area contributed by atoms with Crippen molar-refractivity contribution in [2.24, 2.45) is 0 Å². The van der Waals surface area contributed by atoms with Crippen molar-refractivity contribution in [3.8, 4) is 0 Å². The van der Waals surface area contributed by atoms with E-state index in [1.165, 1.54) is 0 Å². The molecule has 0 amide bonds.